The van der Waals surface area contributed by atoms with E-state index in [1.54, 1.807) is 6.07 Å². The Bertz CT molecular complexity index is 521. The number of aliphatic carboxylic acids is 1. The van der Waals surface area contributed by atoms with Crippen molar-refractivity contribution < 1.29 is 14.7 Å². The van der Waals surface area contributed by atoms with Crippen LogP contribution in [0.1, 0.15) is 18.9 Å². The summed E-state index contributed by atoms with van der Waals surface area (Å²) in [7, 11) is 0. The first-order valence-corrected chi connectivity index (χ1v) is 7.54. The topological polar surface area (TPSA) is 83.6 Å². The van der Waals surface area contributed by atoms with Crippen LogP contribution in [0, 0.1) is 0 Å². The quantitative estimate of drug-likeness (QED) is 0.824. The summed E-state index contributed by atoms with van der Waals surface area (Å²) < 4.78 is 0. The highest BCUT2D eigenvalue weighted by atomic mass is 32.2. The molecule has 2 unspecified atom stereocenters. The number of carboxylic acid groups (broad SMARTS) is 1. The van der Waals surface area contributed by atoms with Gasteiger partial charge in [0.05, 0.1) is 5.37 Å². The zero-order valence-electron chi connectivity index (χ0n) is 11.3. The molecular formula is C14H18N2O3S. The van der Waals surface area contributed by atoms with Gasteiger partial charge in [0.1, 0.15) is 6.04 Å². The van der Waals surface area contributed by atoms with Crippen molar-refractivity contribution in [2.75, 3.05) is 11.5 Å². The molecule has 0 spiro atoms. The van der Waals surface area contributed by atoms with Crippen LogP contribution in [0.25, 0.3) is 0 Å². The number of nitrogen functional groups attached to an aromatic ring is 1. The van der Waals surface area contributed by atoms with Gasteiger partial charge in [0.2, 0.25) is 5.91 Å². The molecule has 0 bridgehead atoms. The zero-order chi connectivity index (χ0) is 14.7. The van der Waals surface area contributed by atoms with E-state index < -0.39 is 12.0 Å². The Morgan fingerprint density at radius 1 is 1.50 bits per heavy atom. The van der Waals surface area contributed by atoms with Crippen molar-refractivity contribution in [2.45, 2.75) is 31.2 Å². The van der Waals surface area contributed by atoms with Gasteiger partial charge in [-0.2, -0.15) is 0 Å². The summed E-state index contributed by atoms with van der Waals surface area (Å²) >= 11 is 1.50. The van der Waals surface area contributed by atoms with Gasteiger partial charge in [-0.1, -0.05) is 12.1 Å². The summed E-state index contributed by atoms with van der Waals surface area (Å²) in [5.74, 6) is -0.586. The predicted octanol–water partition coefficient (Wildman–Crippen LogP) is 1.58. The smallest absolute Gasteiger partial charge is 0.327 e. The van der Waals surface area contributed by atoms with Crippen molar-refractivity contribution in [3.05, 3.63) is 29.8 Å². The fourth-order valence-corrected chi connectivity index (χ4v) is 3.53. The van der Waals surface area contributed by atoms with Crippen molar-refractivity contribution in [1.29, 1.82) is 0 Å². The average molecular weight is 294 g/mol. The fraction of sp³-hybridized carbons (Fsp3) is 0.429. The molecule has 0 aromatic heterocycles. The number of rotatable bonds is 4. The molecule has 2 rings (SSSR count). The maximum atomic E-state index is 12.2. The average Bonchev–Trinajstić information content (AvgIpc) is 2.78. The Morgan fingerprint density at radius 2 is 2.25 bits per heavy atom. The van der Waals surface area contributed by atoms with Crippen LogP contribution < -0.4 is 5.73 Å². The van der Waals surface area contributed by atoms with Crippen LogP contribution in [0.5, 0.6) is 0 Å². The Balaban J connectivity index is 1.99. The SMILES string of the molecule is CC1SCC(C(=O)O)N1C(=O)CCc1cccc(N)c1. The molecule has 1 aliphatic heterocycles. The third kappa shape index (κ3) is 3.25. The Kier molecular flexibility index (Phi) is 4.54. The standard InChI is InChI=1S/C14H18N2O3S/c1-9-16(12(8-20-9)14(18)19)13(17)6-5-10-3-2-4-11(15)7-10/h2-4,7,9,12H,5-6,8,15H2,1H3,(H,18,19). The van der Waals surface area contributed by atoms with Crippen LogP contribution in [0.2, 0.25) is 0 Å². The van der Waals surface area contributed by atoms with E-state index >= 15 is 0 Å². The molecule has 0 radical (unpaired) electrons. The van der Waals surface area contributed by atoms with Crippen LogP contribution in [0.3, 0.4) is 0 Å². The summed E-state index contributed by atoms with van der Waals surface area (Å²) in [6, 6.07) is 6.70. The summed E-state index contributed by atoms with van der Waals surface area (Å²) in [6.07, 6.45) is 0.877. The molecule has 1 aliphatic rings. The second kappa shape index (κ2) is 6.17. The lowest BCUT2D eigenvalue weighted by molar-refractivity contribution is -0.148. The van der Waals surface area contributed by atoms with E-state index in [0.29, 0.717) is 24.3 Å². The van der Waals surface area contributed by atoms with Crippen molar-refractivity contribution in [3.8, 4) is 0 Å². The first-order valence-electron chi connectivity index (χ1n) is 6.49. The van der Waals surface area contributed by atoms with Gasteiger partial charge in [-0.25, -0.2) is 4.79 Å². The number of nitrogens with zero attached hydrogens (tertiary/aromatic N) is 1. The molecular weight excluding hydrogens is 276 g/mol. The van der Waals surface area contributed by atoms with Crippen LogP contribution >= 0.6 is 11.8 Å². The van der Waals surface area contributed by atoms with E-state index in [4.69, 9.17) is 10.8 Å². The molecule has 20 heavy (non-hydrogen) atoms. The van der Waals surface area contributed by atoms with Crippen molar-refractivity contribution in [2.24, 2.45) is 0 Å². The fourth-order valence-electron chi connectivity index (χ4n) is 2.34. The van der Waals surface area contributed by atoms with Gasteiger partial charge in [0.25, 0.3) is 0 Å². The molecule has 3 N–H and O–H groups in total. The van der Waals surface area contributed by atoms with Gasteiger partial charge >= 0.3 is 5.97 Å². The number of aryl methyl sites for hydroxylation is 1. The molecule has 6 heteroatoms. The van der Waals surface area contributed by atoms with E-state index in [0.717, 1.165) is 5.56 Å². The molecule has 0 aliphatic carbocycles. The number of hydrogen-bond acceptors (Lipinski definition) is 4. The lowest BCUT2D eigenvalue weighted by atomic mass is 10.1. The number of hydrogen-bond donors (Lipinski definition) is 2. The number of amides is 1. The first kappa shape index (κ1) is 14.7. The van der Waals surface area contributed by atoms with E-state index in [9.17, 15) is 9.59 Å². The largest absolute Gasteiger partial charge is 0.480 e. The van der Waals surface area contributed by atoms with Crippen molar-refractivity contribution in [3.63, 3.8) is 0 Å². The van der Waals surface area contributed by atoms with Gasteiger partial charge in [-0.05, 0) is 31.0 Å². The monoisotopic (exact) mass is 294 g/mol. The minimum Gasteiger partial charge on any atom is -0.480 e. The lowest BCUT2D eigenvalue weighted by Crippen LogP contribution is -2.44. The van der Waals surface area contributed by atoms with E-state index in [1.165, 1.54) is 16.7 Å². The molecule has 2 atom stereocenters. The molecule has 0 saturated carbocycles. The van der Waals surface area contributed by atoms with Gasteiger partial charge in [0.15, 0.2) is 0 Å². The molecule has 1 fully saturated rings. The number of carbonyl (C=O) groups excluding carboxylic acids is 1. The van der Waals surface area contributed by atoms with Crippen molar-refractivity contribution >= 4 is 29.3 Å². The highest BCUT2D eigenvalue weighted by Gasteiger charge is 2.38. The third-order valence-electron chi connectivity index (χ3n) is 3.37. The van der Waals surface area contributed by atoms with Crippen molar-refractivity contribution in [1.82, 2.24) is 4.90 Å². The Hall–Kier alpha value is -1.69. The number of benzene rings is 1. The molecule has 1 amide bonds. The number of thioether (sulfide) groups is 1. The minimum absolute atomic E-state index is 0.0792. The number of nitrogens with two attached hydrogens (primary N) is 1. The highest BCUT2D eigenvalue weighted by Crippen LogP contribution is 2.29. The normalized spacial score (nSPS) is 21.9. The zero-order valence-corrected chi connectivity index (χ0v) is 12.1. The molecule has 1 aromatic rings. The summed E-state index contributed by atoms with van der Waals surface area (Å²) in [6.45, 7) is 1.87. The van der Waals surface area contributed by atoms with Gasteiger partial charge < -0.3 is 15.7 Å². The lowest BCUT2D eigenvalue weighted by Gasteiger charge is -2.25. The number of carbonyl (C=O) groups is 2. The summed E-state index contributed by atoms with van der Waals surface area (Å²) in [4.78, 5) is 24.9. The van der Waals surface area contributed by atoms with E-state index in [2.05, 4.69) is 0 Å². The highest BCUT2D eigenvalue weighted by molar-refractivity contribution is 8.00. The maximum Gasteiger partial charge on any atom is 0.327 e. The van der Waals surface area contributed by atoms with E-state index in [-0.39, 0.29) is 11.3 Å². The number of anilines is 1. The molecule has 108 valence electrons. The number of carboxylic acids is 1. The van der Waals surface area contributed by atoms with Crippen LogP contribution in [-0.2, 0) is 16.0 Å². The Morgan fingerprint density at radius 3 is 2.90 bits per heavy atom. The van der Waals surface area contributed by atoms with Gasteiger partial charge in [0, 0.05) is 17.9 Å². The first-order chi connectivity index (χ1) is 9.49. The van der Waals surface area contributed by atoms with Crippen LogP contribution in [0.15, 0.2) is 24.3 Å². The second-order valence-corrected chi connectivity index (χ2v) is 6.18. The molecule has 1 aromatic carbocycles. The minimum atomic E-state index is -0.931. The summed E-state index contributed by atoms with van der Waals surface area (Å²) in [5.41, 5.74) is 7.35. The maximum absolute atomic E-state index is 12.2. The predicted molar refractivity (Wildman–Crippen MR) is 79.4 cm³/mol. The molecule has 5 nitrogen and oxygen atoms in total. The third-order valence-corrected chi connectivity index (χ3v) is 4.59. The van der Waals surface area contributed by atoms with E-state index in [1.807, 2.05) is 25.1 Å². The van der Waals surface area contributed by atoms with Crippen LogP contribution in [0.4, 0.5) is 5.69 Å². The van der Waals surface area contributed by atoms with Gasteiger partial charge in [-0.3, -0.25) is 4.79 Å². The van der Waals surface area contributed by atoms with Crippen LogP contribution in [-0.4, -0.2) is 39.1 Å². The summed E-state index contributed by atoms with van der Waals surface area (Å²) in [5, 5.41) is 9.07. The molecule has 1 saturated heterocycles. The van der Waals surface area contributed by atoms with Gasteiger partial charge in [-0.15, -0.1) is 11.8 Å². The molecule has 1 heterocycles. The second-order valence-electron chi connectivity index (χ2n) is 4.83. The Labute approximate surface area is 122 Å².